The van der Waals surface area contributed by atoms with Crippen LogP contribution in [0.2, 0.25) is 0 Å². The van der Waals surface area contributed by atoms with E-state index in [1.54, 1.807) is 6.33 Å². The number of methoxy groups -OCH3 is 1. The van der Waals surface area contributed by atoms with E-state index in [1.807, 2.05) is 94.7 Å². The number of allylic oxidation sites excluding steroid dienone is 1. The van der Waals surface area contributed by atoms with Crippen LogP contribution >= 0.6 is 0 Å². The maximum atomic E-state index is 13.2. The van der Waals surface area contributed by atoms with Crippen molar-refractivity contribution in [1.29, 1.82) is 0 Å². The summed E-state index contributed by atoms with van der Waals surface area (Å²) in [6.07, 6.45) is 5.48. The number of benzene rings is 2. The summed E-state index contributed by atoms with van der Waals surface area (Å²) >= 11 is 0. The number of ether oxygens (including phenoxy) is 2. The van der Waals surface area contributed by atoms with Crippen molar-refractivity contribution in [3.05, 3.63) is 96.1 Å². The molecule has 0 fully saturated rings. The van der Waals surface area contributed by atoms with Gasteiger partial charge < -0.3 is 19.4 Å². The Hall–Kier alpha value is -4.77. The van der Waals surface area contributed by atoms with E-state index in [0.717, 1.165) is 11.1 Å². The molecule has 11 nitrogen and oxygen atoms in total. The number of hydroxylamine groups is 2. The predicted octanol–water partition coefficient (Wildman–Crippen LogP) is 6.69. The Morgan fingerprint density at radius 3 is 2.13 bits per heavy atom. The topological polar surface area (TPSA) is 121 Å². The molecule has 2 aromatic carbocycles. The van der Waals surface area contributed by atoms with Crippen LogP contribution in [0.4, 0.5) is 10.6 Å². The number of nitrogens with one attached hydrogen (secondary N) is 1. The highest BCUT2D eigenvalue weighted by Crippen LogP contribution is 2.33. The zero-order valence-corrected chi connectivity index (χ0v) is 27.4. The van der Waals surface area contributed by atoms with Crippen molar-refractivity contribution in [2.75, 3.05) is 19.0 Å². The SMILES string of the molecule is COC(=O)c1nc(NCC(c2ccccc2)c2ccccc2)c2ncn([C@H]3C=C[C@@H](N(OC(C)(C)C)C(=O)OC(C)(C)C)C3)c2n1. The Morgan fingerprint density at radius 2 is 1.57 bits per heavy atom. The van der Waals surface area contributed by atoms with Gasteiger partial charge in [-0.2, -0.15) is 5.06 Å². The number of hydrogen-bond donors (Lipinski definition) is 1. The monoisotopic (exact) mass is 626 g/mol. The van der Waals surface area contributed by atoms with Gasteiger partial charge >= 0.3 is 12.1 Å². The fourth-order valence-corrected chi connectivity index (χ4v) is 5.35. The van der Waals surface area contributed by atoms with Gasteiger partial charge in [-0.1, -0.05) is 72.8 Å². The van der Waals surface area contributed by atoms with Crippen molar-refractivity contribution in [3.63, 3.8) is 0 Å². The minimum atomic E-state index is -0.691. The third-order valence-corrected chi connectivity index (χ3v) is 7.31. The lowest BCUT2D eigenvalue weighted by Crippen LogP contribution is -2.46. The summed E-state index contributed by atoms with van der Waals surface area (Å²) in [5.74, 6) is -0.308. The smallest absolute Gasteiger partial charge is 0.435 e. The van der Waals surface area contributed by atoms with Gasteiger partial charge in [0.15, 0.2) is 17.0 Å². The van der Waals surface area contributed by atoms with Crippen molar-refractivity contribution in [2.24, 2.45) is 0 Å². The molecule has 1 amide bonds. The normalized spacial score (nSPS) is 16.5. The molecule has 0 saturated carbocycles. The average Bonchev–Trinajstić information content (AvgIpc) is 3.67. The summed E-state index contributed by atoms with van der Waals surface area (Å²) < 4.78 is 12.5. The van der Waals surface area contributed by atoms with Crippen molar-refractivity contribution in [3.8, 4) is 0 Å². The first-order valence-corrected chi connectivity index (χ1v) is 15.4. The molecule has 0 unspecified atom stereocenters. The minimum Gasteiger partial charge on any atom is -0.463 e. The minimum absolute atomic E-state index is 0.0104. The molecule has 1 N–H and O–H groups in total. The molecule has 2 aromatic heterocycles. The molecule has 242 valence electrons. The van der Waals surface area contributed by atoms with Crippen LogP contribution in [0.25, 0.3) is 11.2 Å². The summed E-state index contributed by atoms with van der Waals surface area (Å²) in [6, 6.07) is 19.8. The van der Waals surface area contributed by atoms with Gasteiger partial charge in [0.1, 0.15) is 5.60 Å². The fraction of sp³-hybridized carbons (Fsp3) is 0.400. The van der Waals surface area contributed by atoms with E-state index in [0.29, 0.717) is 29.9 Å². The lowest BCUT2D eigenvalue weighted by Gasteiger charge is -2.34. The van der Waals surface area contributed by atoms with E-state index >= 15 is 0 Å². The highest BCUT2D eigenvalue weighted by molar-refractivity contribution is 5.91. The van der Waals surface area contributed by atoms with Crippen molar-refractivity contribution < 1.29 is 23.9 Å². The molecule has 1 aliphatic rings. The van der Waals surface area contributed by atoms with Crippen LogP contribution in [0.15, 0.2) is 79.1 Å². The second-order valence-electron chi connectivity index (χ2n) is 13.2. The number of carbonyl (C=O) groups is 2. The van der Waals surface area contributed by atoms with Gasteiger partial charge in [0.2, 0.25) is 5.82 Å². The molecular weight excluding hydrogens is 584 g/mol. The number of hydrogen-bond acceptors (Lipinski definition) is 9. The second-order valence-corrected chi connectivity index (χ2v) is 13.2. The van der Waals surface area contributed by atoms with Crippen molar-refractivity contribution in [1.82, 2.24) is 24.6 Å². The number of amides is 1. The number of aromatic nitrogens is 4. The molecule has 0 bridgehead atoms. The summed E-state index contributed by atoms with van der Waals surface area (Å²) in [4.78, 5) is 45.8. The summed E-state index contributed by atoms with van der Waals surface area (Å²) in [6.45, 7) is 11.6. The van der Waals surface area contributed by atoms with Gasteiger partial charge in [-0.15, -0.1) is 0 Å². The average molecular weight is 627 g/mol. The maximum Gasteiger partial charge on any atom is 0.435 e. The van der Waals surface area contributed by atoms with Crippen LogP contribution in [0, 0.1) is 0 Å². The zero-order chi connectivity index (χ0) is 33.1. The Balaban J connectivity index is 1.45. The summed E-state index contributed by atoms with van der Waals surface area (Å²) in [5.41, 5.74) is 1.93. The van der Waals surface area contributed by atoms with E-state index in [4.69, 9.17) is 14.3 Å². The quantitative estimate of drug-likeness (QED) is 0.123. The van der Waals surface area contributed by atoms with E-state index < -0.39 is 29.3 Å². The summed E-state index contributed by atoms with van der Waals surface area (Å²) in [5, 5.41) is 4.76. The molecular formula is C35H42N6O5. The van der Waals surface area contributed by atoms with Gasteiger partial charge in [-0.05, 0) is 59.1 Å². The Kier molecular flexibility index (Phi) is 9.43. The fourth-order valence-electron chi connectivity index (χ4n) is 5.35. The second kappa shape index (κ2) is 13.3. The summed E-state index contributed by atoms with van der Waals surface area (Å²) in [7, 11) is 1.30. The standard InChI is InChI=1S/C35H42N6O5/c1-34(2,3)45-33(43)41(46-35(4,5)6)26-19-18-25(20-26)40-22-37-28-29(38-30(32(42)44-7)39-31(28)40)36-21-27(23-14-10-8-11-15-23)24-16-12-9-13-17-24/h8-19,22,25-27H,20-21H2,1-7H3,(H,36,38,39)/t25-,26+/m0/s1. The molecule has 0 aliphatic heterocycles. The van der Waals surface area contributed by atoms with Gasteiger partial charge in [0, 0.05) is 12.5 Å². The van der Waals surface area contributed by atoms with Crippen molar-refractivity contribution in [2.45, 2.75) is 77.2 Å². The first-order valence-electron chi connectivity index (χ1n) is 15.4. The van der Waals surface area contributed by atoms with Crippen LogP contribution in [0.1, 0.15) is 81.7 Å². The molecule has 5 rings (SSSR count). The molecule has 0 spiro atoms. The number of esters is 1. The Bertz CT molecular complexity index is 1650. The van der Waals surface area contributed by atoms with Crippen LogP contribution in [0.3, 0.4) is 0 Å². The van der Waals surface area contributed by atoms with Gasteiger partial charge in [0.25, 0.3) is 0 Å². The van der Waals surface area contributed by atoms with Crippen LogP contribution in [-0.2, 0) is 14.3 Å². The number of fused-ring (bicyclic) bond motifs is 1. The first-order chi connectivity index (χ1) is 21.8. The van der Waals surface area contributed by atoms with Crippen LogP contribution in [0.5, 0.6) is 0 Å². The first kappa shape index (κ1) is 32.6. The van der Waals surface area contributed by atoms with Crippen LogP contribution in [-0.4, -0.2) is 67.5 Å². The lowest BCUT2D eigenvalue weighted by atomic mass is 9.91. The maximum absolute atomic E-state index is 13.2. The lowest BCUT2D eigenvalue weighted by molar-refractivity contribution is -0.223. The van der Waals surface area contributed by atoms with Gasteiger partial charge in [0.05, 0.1) is 31.1 Å². The number of anilines is 1. The number of carbonyl (C=O) groups excluding carboxylic acids is 2. The largest absolute Gasteiger partial charge is 0.463 e. The predicted molar refractivity (Wildman–Crippen MR) is 175 cm³/mol. The molecule has 4 aromatic rings. The van der Waals surface area contributed by atoms with E-state index in [9.17, 15) is 9.59 Å². The molecule has 11 heteroatoms. The molecule has 2 heterocycles. The third-order valence-electron chi connectivity index (χ3n) is 7.31. The number of imidazole rings is 1. The molecule has 2 atom stereocenters. The highest BCUT2D eigenvalue weighted by Gasteiger charge is 2.36. The Morgan fingerprint density at radius 1 is 0.935 bits per heavy atom. The van der Waals surface area contributed by atoms with E-state index in [2.05, 4.69) is 44.5 Å². The number of rotatable bonds is 9. The highest BCUT2D eigenvalue weighted by atomic mass is 16.7. The third kappa shape index (κ3) is 7.71. The van der Waals surface area contributed by atoms with Gasteiger partial charge in [-0.25, -0.2) is 24.5 Å². The molecule has 0 saturated heterocycles. The Labute approximate surface area is 269 Å². The van der Waals surface area contributed by atoms with Crippen molar-refractivity contribution >= 4 is 29.0 Å². The molecule has 0 radical (unpaired) electrons. The zero-order valence-electron chi connectivity index (χ0n) is 27.4. The van der Waals surface area contributed by atoms with Gasteiger partial charge in [-0.3, -0.25) is 4.84 Å². The number of nitrogens with zero attached hydrogens (tertiary/aromatic N) is 5. The van der Waals surface area contributed by atoms with E-state index in [1.165, 1.54) is 12.2 Å². The molecule has 46 heavy (non-hydrogen) atoms. The molecule has 1 aliphatic carbocycles. The van der Waals surface area contributed by atoms with Crippen LogP contribution < -0.4 is 5.32 Å². The van der Waals surface area contributed by atoms with E-state index in [-0.39, 0.29) is 17.8 Å².